The van der Waals surface area contributed by atoms with Gasteiger partial charge in [0.1, 0.15) is 0 Å². The molecule has 0 saturated heterocycles. The Balaban J connectivity index is 2.69. The molecule has 78 valence electrons. The van der Waals surface area contributed by atoms with Gasteiger partial charge >= 0.3 is 0 Å². The molecule has 0 aliphatic heterocycles. The van der Waals surface area contributed by atoms with Crippen LogP contribution in [0, 0.1) is 18.3 Å². The van der Waals surface area contributed by atoms with Crippen LogP contribution >= 0.6 is 0 Å². The zero-order valence-electron chi connectivity index (χ0n) is 8.70. The molecule has 3 heteroatoms. The number of carbonyl (C=O) groups is 1. The Bertz CT molecular complexity index is 244. The fourth-order valence-corrected chi connectivity index (χ4v) is 2.31. The van der Waals surface area contributed by atoms with Gasteiger partial charge in [0.2, 0.25) is 0 Å². The third-order valence-electron chi connectivity index (χ3n) is 3.05. The molecule has 2 N–H and O–H groups in total. The van der Waals surface area contributed by atoms with E-state index in [1.165, 1.54) is 0 Å². The molecule has 0 aromatic carbocycles. The molecule has 14 heavy (non-hydrogen) atoms. The van der Waals surface area contributed by atoms with Crippen molar-refractivity contribution in [3.8, 4) is 12.3 Å². The molecule has 3 nitrogen and oxygen atoms in total. The highest BCUT2D eigenvalue weighted by atomic mass is 16.2. The second-order valence-electron chi connectivity index (χ2n) is 3.73. The minimum atomic E-state index is -0.196. The molecule has 1 amide bonds. The molecule has 1 rings (SSSR count). The summed E-state index contributed by atoms with van der Waals surface area (Å²) in [5.41, 5.74) is 5.67. The smallest absolute Gasteiger partial charge is 0.298 e. The van der Waals surface area contributed by atoms with Crippen molar-refractivity contribution in [2.75, 3.05) is 13.1 Å². The molecule has 0 bridgehead atoms. The molecule has 1 aliphatic carbocycles. The largest absolute Gasteiger partial charge is 0.330 e. The third kappa shape index (κ3) is 2.08. The summed E-state index contributed by atoms with van der Waals surface area (Å²) in [5.74, 6) is 2.42. The van der Waals surface area contributed by atoms with Crippen molar-refractivity contribution in [1.29, 1.82) is 0 Å². The maximum Gasteiger partial charge on any atom is 0.298 e. The van der Waals surface area contributed by atoms with Crippen LogP contribution in [0.1, 0.15) is 26.2 Å². The number of nitrogens with zero attached hydrogens (tertiary/aromatic N) is 1. The number of terminal acetylenes is 1. The van der Waals surface area contributed by atoms with E-state index in [0.29, 0.717) is 19.0 Å². The van der Waals surface area contributed by atoms with Crippen LogP contribution in [0.25, 0.3) is 0 Å². The Hall–Kier alpha value is -1.01. The highest BCUT2D eigenvalue weighted by Gasteiger charge is 2.32. The van der Waals surface area contributed by atoms with Gasteiger partial charge in [-0.25, -0.2) is 0 Å². The van der Waals surface area contributed by atoms with Crippen LogP contribution in [-0.2, 0) is 4.79 Å². The number of carbonyl (C=O) groups excluding carboxylic acids is 1. The van der Waals surface area contributed by atoms with Gasteiger partial charge in [0.05, 0.1) is 0 Å². The van der Waals surface area contributed by atoms with E-state index in [0.717, 1.165) is 19.3 Å². The van der Waals surface area contributed by atoms with Crippen LogP contribution in [0.15, 0.2) is 0 Å². The van der Waals surface area contributed by atoms with E-state index in [-0.39, 0.29) is 11.9 Å². The maximum atomic E-state index is 11.4. The third-order valence-corrected chi connectivity index (χ3v) is 3.05. The second-order valence-corrected chi connectivity index (χ2v) is 3.73. The summed E-state index contributed by atoms with van der Waals surface area (Å²) in [6.07, 6.45) is 8.45. The molecule has 0 aromatic heterocycles. The van der Waals surface area contributed by atoms with Crippen molar-refractivity contribution in [1.82, 2.24) is 4.90 Å². The monoisotopic (exact) mass is 194 g/mol. The topological polar surface area (TPSA) is 46.3 Å². The van der Waals surface area contributed by atoms with E-state index < -0.39 is 0 Å². The van der Waals surface area contributed by atoms with Gasteiger partial charge in [-0.2, -0.15) is 0 Å². The predicted octanol–water partition coefficient (Wildman–Crippen LogP) is 0.596. The summed E-state index contributed by atoms with van der Waals surface area (Å²) < 4.78 is 0. The number of rotatable bonds is 3. The van der Waals surface area contributed by atoms with E-state index in [4.69, 9.17) is 12.2 Å². The molecule has 2 unspecified atom stereocenters. The van der Waals surface area contributed by atoms with Crippen LogP contribution in [0.2, 0.25) is 0 Å². The summed E-state index contributed by atoms with van der Waals surface area (Å²) in [4.78, 5) is 13.2. The standard InChI is InChI=1S/C11H18N2O/c1-3-11(14)13(4-2)10-7-5-6-9(10)8-12/h1,9-10H,4-8,12H2,2H3. The van der Waals surface area contributed by atoms with Crippen molar-refractivity contribution >= 4 is 5.91 Å². The number of amides is 1. The molecule has 0 heterocycles. The zero-order valence-corrected chi connectivity index (χ0v) is 8.70. The maximum absolute atomic E-state index is 11.4. The van der Waals surface area contributed by atoms with E-state index in [1.807, 2.05) is 6.92 Å². The van der Waals surface area contributed by atoms with E-state index in [2.05, 4.69) is 5.92 Å². The van der Waals surface area contributed by atoms with Crippen LogP contribution in [0.3, 0.4) is 0 Å². The van der Waals surface area contributed by atoms with Crippen molar-refractivity contribution in [2.24, 2.45) is 11.7 Å². The minimum absolute atomic E-state index is 0.196. The second kappa shape index (κ2) is 5.02. The van der Waals surface area contributed by atoms with E-state index in [1.54, 1.807) is 4.90 Å². The lowest BCUT2D eigenvalue weighted by molar-refractivity contribution is -0.127. The summed E-state index contributed by atoms with van der Waals surface area (Å²) in [5, 5.41) is 0. The van der Waals surface area contributed by atoms with Gasteiger partial charge in [-0.15, -0.1) is 6.42 Å². The summed E-state index contributed by atoms with van der Waals surface area (Å²) in [7, 11) is 0. The van der Waals surface area contributed by atoms with Crippen LogP contribution in [-0.4, -0.2) is 29.9 Å². The summed E-state index contributed by atoms with van der Waals surface area (Å²) >= 11 is 0. The predicted molar refractivity (Wildman–Crippen MR) is 56.4 cm³/mol. The summed E-state index contributed by atoms with van der Waals surface area (Å²) in [6, 6.07) is 0.272. The Morgan fingerprint density at radius 3 is 2.86 bits per heavy atom. The van der Waals surface area contributed by atoms with Crippen molar-refractivity contribution in [3.05, 3.63) is 0 Å². The lowest BCUT2D eigenvalue weighted by atomic mass is 10.0. The van der Waals surface area contributed by atoms with E-state index in [9.17, 15) is 4.79 Å². The lowest BCUT2D eigenvalue weighted by Gasteiger charge is -2.30. The van der Waals surface area contributed by atoms with Gasteiger partial charge in [-0.05, 0) is 38.1 Å². The highest BCUT2D eigenvalue weighted by molar-refractivity contribution is 5.93. The molecule has 0 spiro atoms. The van der Waals surface area contributed by atoms with Gasteiger partial charge in [0.15, 0.2) is 0 Å². The molecule has 1 saturated carbocycles. The first-order valence-corrected chi connectivity index (χ1v) is 5.21. The van der Waals surface area contributed by atoms with Gasteiger partial charge in [-0.3, -0.25) is 4.79 Å². The van der Waals surface area contributed by atoms with Crippen molar-refractivity contribution < 1.29 is 4.79 Å². The Kier molecular flexibility index (Phi) is 3.97. The normalized spacial score (nSPS) is 25.8. The molecule has 2 atom stereocenters. The first kappa shape index (κ1) is 11.1. The zero-order chi connectivity index (χ0) is 10.6. The average molecular weight is 194 g/mol. The molecule has 1 aliphatic rings. The van der Waals surface area contributed by atoms with Crippen LogP contribution < -0.4 is 5.73 Å². The molecule has 0 aromatic rings. The Morgan fingerprint density at radius 2 is 2.36 bits per heavy atom. The first-order valence-electron chi connectivity index (χ1n) is 5.21. The highest BCUT2D eigenvalue weighted by Crippen LogP contribution is 2.29. The van der Waals surface area contributed by atoms with Crippen molar-refractivity contribution in [2.45, 2.75) is 32.2 Å². The summed E-state index contributed by atoms with van der Waals surface area (Å²) in [6.45, 7) is 3.30. The van der Waals surface area contributed by atoms with Gasteiger partial charge in [0, 0.05) is 12.6 Å². The fourth-order valence-electron chi connectivity index (χ4n) is 2.31. The van der Waals surface area contributed by atoms with Crippen LogP contribution in [0.4, 0.5) is 0 Å². The van der Waals surface area contributed by atoms with Gasteiger partial charge < -0.3 is 10.6 Å². The van der Waals surface area contributed by atoms with E-state index >= 15 is 0 Å². The van der Waals surface area contributed by atoms with Gasteiger partial charge in [-0.1, -0.05) is 6.42 Å². The first-order chi connectivity index (χ1) is 6.74. The quantitative estimate of drug-likeness (QED) is 0.669. The Labute approximate surface area is 85.6 Å². The lowest BCUT2D eigenvalue weighted by Crippen LogP contribution is -2.43. The molecular weight excluding hydrogens is 176 g/mol. The molecule has 1 fully saturated rings. The van der Waals surface area contributed by atoms with Crippen LogP contribution in [0.5, 0.6) is 0 Å². The molecular formula is C11H18N2O. The number of hydrogen-bond donors (Lipinski definition) is 1. The molecule has 0 radical (unpaired) electrons. The van der Waals surface area contributed by atoms with Crippen molar-refractivity contribution in [3.63, 3.8) is 0 Å². The fraction of sp³-hybridized carbons (Fsp3) is 0.727. The SMILES string of the molecule is C#CC(=O)N(CC)C1CCCC1CN. The number of hydrogen-bond acceptors (Lipinski definition) is 2. The average Bonchev–Trinajstić information content (AvgIpc) is 2.66. The Morgan fingerprint density at radius 1 is 1.64 bits per heavy atom. The minimum Gasteiger partial charge on any atom is -0.330 e. The van der Waals surface area contributed by atoms with Gasteiger partial charge in [0.25, 0.3) is 5.91 Å². The number of nitrogens with two attached hydrogens (primary N) is 1.